The molecule has 2 aliphatic rings. The summed E-state index contributed by atoms with van der Waals surface area (Å²) in [6.07, 6.45) is -2.09. The molecule has 2 saturated heterocycles. The fourth-order valence-electron chi connectivity index (χ4n) is 5.29. The lowest BCUT2D eigenvalue weighted by molar-refractivity contribution is -0.156. The molecule has 1 atom stereocenters. The monoisotopic (exact) mass is 569 g/mol. The third-order valence-corrected chi connectivity index (χ3v) is 7.59. The Morgan fingerprint density at radius 1 is 1.15 bits per heavy atom. The van der Waals surface area contributed by atoms with Crippen molar-refractivity contribution in [2.75, 3.05) is 70.2 Å². The van der Waals surface area contributed by atoms with Crippen molar-refractivity contribution >= 4 is 28.4 Å². The van der Waals surface area contributed by atoms with Gasteiger partial charge in [0.25, 0.3) is 5.91 Å². The number of hydrogen-bond donors (Lipinski definition) is 2. The number of carbonyl (C=O) groups is 1. The van der Waals surface area contributed by atoms with E-state index in [1.807, 2.05) is 11.0 Å². The molecule has 2 aliphatic heterocycles. The van der Waals surface area contributed by atoms with Crippen molar-refractivity contribution in [3.8, 4) is 23.1 Å². The van der Waals surface area contributed by atoms with Crippen LogP contribution < -0.4 is 10.2 Å². The van der Waals surface area contributed by atoms with E-state index < -0.39 is 18.1 Å². The van der Waals surface area contributed by atoms with Crippen molar-refractivity contribution in [2.45, 2.75) is 25.1 Å². The SMILES string of the molecule is CN(C)C(=O)C#CCN1CCC([C@@H](Nc2ccc(-c3cc4c(N5CCOCC5)ncnc4[nH]3)cc2)C(F)(F)F)CC1. The number of halogens is 3. The molecule has 12 heteroatoms. The average Bonchev–Trinajstić information content (AvgIpc) is 3.41. The Morgan fingerprint density at radius 3 is 2.51 bits per heavy atom. The van der Waals surface area contributed by atoms with E-state index in [1.54, 1.807) is 38.4 Å². The van der Waals surface area contributed by atoms with Gasteiger partial charge in [-0.2, -0.15) is 13.2 Å². The fourth-order valence-corrected chi connectivity index (χ4v) is 5.29. The molecule has 2 fully saturated rings. The normalized spacial score (nSPS) is 17.6. The second-order valence-electron chi connectivity index (χ2n) is 10.6. The Hall–Kier alpha value is -3.82. The van der Waals surface area contributed by atoms with Gasteiger partial charge >= 0.3 is 6.18 Å². The van der Waals surface area contributed by atoms with Crippen LogP contribution in [0.1, 0.15) is 12.8 Å². The Morgan fingerprint density at radius 2 is 1.85 bits per heavy atom. The number of rotatable bonds is 6. The number of ether oxygens (including phenoxy) is 1. The van der Waals surface area contributed by atoms with Gasteiger partial charge in [0.2, 0.25) is 0 Å². The molecule has 0 spiro atoms. The molecule has 0 radical (unpaired) electrons. The van der Waals surface area contributed by atoms with Crippen molar-refractivity contribution in [1.82, 2.24) is 24.8 Å². The number of carbonyl (C=O) groups excluding carboxylic acids is 1. The maximum Gasteiger partial charge on any atom is 0.408 e. The van der Waals surface area contributed by atoms with E-state index in [-0.39, 0.29) is 5.91 Å². The van der Waals surface area contributed by atoms with Crippen LogP contribution in [0.5, 0.6) is 0 Å². The molecule has 0 unspecified atom stereocenters. The number of aromatic amines is 1. The summed E-state index contributed by atoms with van der Waals surface area (Å²) < 4.78 is 47.9. The number of aromatic nitrogens is 3. The number of likely N-dealkylation sites (tertiary alicyclic amines) is 1. The molecule has 1 amide bonds. The third-order valence-electron chi connectivity index (χ3n) is 7.59. The predicted molar refractivity (Wildman–Crippen MR) is 151 cm³/mol. The van der Waals surface area contributed by atoms with Gasteiger partial charge in [-0.1, -0.05) is 18.1 Å². The van der Waals surface area contributed by atoms with Crippen molar-refractivity contribution < 1.29 is 22.7 Å². The predicted octanol–water partition coefficient (Wildman–Crippen LogP) is 3.61. The number of piperidine rings is 1. The highest BCUT2D eigenvalue weighted by molar-refractivity contribution is 5.93. The number of anilines is 2. The van der Waals surface area contributed by atoms with Crippen LogP contribution in [0.2, 0.25) is 0 Å². The molecule has 41 heavy (non-hydrogen) atoms. The van der Waals surface area contributed by atoms with E-state index >= 15 is 0 Å². The van der Waals surface area contributed by atoms with Gasteiger partial charge in [0.1, 0.15) is 23.8 Å². The van der Waals surface area contributed by atoms with Crippen molar-refractivity contribution in [3.63, 3.8) is 0 Å². The highest BCUT2D eigenvalue weighted by Crippen LogP contribution is 2.35. The van der Waals surface area contributed by atoms with Crippen LogP contribution in [0.3, 0.4) is 0 Å². The third kappa shape index (κ3) is 6.92. The van der Waals surface area contributed by atoms with Crippen molar-refractivity contribution in [1.29, 1.82) is 0 Å². The summed E-state index contributed by atoms with van der Waals surface area (Å²) >= 11 is 0. The summed E-state index contributed by atoms with van der Waals surface area (Å²) in [7, 11) is 3.25. The van der Waals surface area contributed by atoms with Crippen LogP contribution in [0.25, 0.3) is 22.3 Å². The van der Waals surface area contributed by atoms with Gasteiger partial charge in [-0.05, 0) is 61.5 Å². The Labute approximate surface area is 237 Å². The first-order chi connectivity index (χ1) is 19.7. The lowest BCUT2D eigenvalue weighted by Gasteiger charge is -2.36. The minimum atomic E-state index is -4.39. The molecule has 1 aromatic carbocycles. The maximum atomic E-state index is 14.1. The highest BCUT2D eigenvalue weighted by atomic mass is 19.4. The van der Waals surface area contributed by atoms with E-state index in [2.05, 4.69) is 37.0 Å². The molecule has 4 heterocycles. The number of hydrogen-bond acceptors (Lipinski definition) is 7. The quantitative estimate of drug-likeness (QED) is 0.439. The number of fused-ring (bicyclic) bond motifs is 1. The first kappa shape index (κ1) is 28.7. The van der Waals surface area contributed by atoms with Gasteiger partial charge in [-0.3, -0.25) is 9.69 Å². The van der Waals surface area contributed by atoms with Gasteiger partial charge in [0.15, 0.2) is 0 Å². The Bertz CT molecular complexity index is 1400. The van der Waals surface area contributed by atoms with Gasteiger partial charge in [-0.15, -0.1) is 0 Å². The van der Waals surface area contributed by atoms with Gasteiger partial charge in [0.05, 0.1) is 25.1 Å². The maximum absolute atomic E-state index is 14.1. The van der Waals surface area contributed by atoms with Gasteiger partial charge in [-0.25, -0.2) is 9.97 Å². The van der Waals surface area contributed by atoms with Crippen molar-refractivity contribution in [3.05, 3.63) is 36.7 Å². The highest BCUT2D eigenvalue weighted by Gasteiger charge is 2.45. The molecule has 0 aliphatic carbocycles. The summed E-state index contributed by atoms with van der Waals surface area (Å²) in [6.45, 7) is 4.14. The summed E-state index contributed by atoms with van der Waals surface area (Å²) in [5.74, 6) is 5.37. The first-order valence-corrected chi connectivity index (χ1v) is 13.7. The standard InChI is InChI=1S/C29H34F3N7O2/c1-37(2)25(40)4-3-11-38-12-9-21(10-13-38)26(29(30,31)32)35-22-7-5-20(6-8-22)24-18-23-27(36-24)33-19-34-28(23)39-14-16-41-17-15-39/h5-8,18-19,21,26,35H,9-17H2,1-2H3,(H,33,34,36)/t26-/m1/s1. The molecule has 2 aromatic heterocycles. The number of nitrogens with one attached hydrogen (secondary N) is 2. The van der Waals surface area contributed by atoms with E-state index in [0.717, 1.165) is 35.6 Å². The van der Waals surface area contributed by atoms with Crippen LogP contribution in [-0.4, -0.2) is 103 Å². The summed E-state index contributed by atoms with van der Waals surface area (Å²) in [6, 6.07) is 7.30. The van der Waals surface area contributed by atoms with E-state index in [4.69, 9.17) is 4.74 Å². The number of H-pyrrole nitrogens is 1. The Kier molecular flexibility index (Phi) is 8.65. The second-order valence-corrected chi connectivity index (χ2v) is 10.6. The van der Waals surface area contributed by atoms with E-state index in [9.17, 15) is 18.0 Å². The first-order valence-electron chi connectivity index (χ1n) is 13.7. The number of morpholine rings is 1. The molecule has 0 saturated carbocycles. The van der Waals surface area contributed by atoms with Crippen LogP contribution in [0.15, 0.2) is 36.7 Å². The molecule has 2 N–H and O–H groups in total. The lowest BCUT2D eigenvalue weighted by Crippen LogP contribution is -2.47. The molecule has 218 valence electrons. The summed E-state index contributed by atoms with van der Waals surface area (Å²) in [5.41, 5.74) is 2.78. The van der Waals surface area contributed by atoms with Gasteiger partial charge < -0.3 is 24.8 Å². The molecule has 3 aromatic rings. The van der Waals surface area contributed by atoms with Crippen LogP contribution in [-0.2, 0) is 9.53 Å². The number of nitrogens with zero attached hydrogens (tertiary/aromatic N) is 5. The smallest absolute Gasteiger partial charge is 0.378 e. The average molecular weight is 570 g/mol. The summed E-state index contributed by atoms with van der Waals surface area (Å²) in [5, 5.41) is 3.65. The molecule has 0 bridgehead atoms. The van der Waals surface area contributed by atoms with Crippen molar-refractivity contribution in [2.24, 2.45) is 5.92 Å². The van der Waals surface area contributed by atoms with Crippen LogP contribution in [0, 0.1) is 17.8 Å². The minimum Gasteiger partial charge on any atom is -0.378 e. The molecular formula is C29H34F3N7O2. The molecule has 5 rings (SSSR count). The van der Waals surface area contributed by atoms with Gasteiger partial charge in [0, 0.05) is 38.6 Å². The van der Waals surface area contributed by atoms with E-state index in [1.165, 1.54) is 11.2 Å². The molecular weight excluding hydrogens is 535 g/mol. The minimum absolute atomic E-state index is 0.289. The lowest BCUT2D eigenvalue weighted by atomic mass is 9.88. The zero-order valence-electron chi connectivity index (χ0n) is 23.2. The molecule has 9 nitrogen and oxygen atoms in total. The van der Waals surface area contributed by atoms with Crippen LogP contribution in [0.4, 0.5) is 24.7 Å². The fraction of sp³-hybridized carbons (Fsp3) is 0.483. The zero-order valence-corrected chi connectivity index (χ0v) is 23.2. The number of benzene rings is 1. The van der Waals surface area contributed by atoms with Crippen LogP contribution >= 0.6 is 0 Å². The number of amides is 1. The number of alkyl halides is 3. The largest absolute Gasteiger partial charge is 0.408 e. The van der Waals surface area contributed by atoms with E-state index in [0.29, 0.717) is 57.0 Å². The second kappa shape index (κ2) is 12.4. The Balaban J connectivity index is 1.24. The topological polar surface area (TPSA) is 89.6 Å². The zero-order chi connectivity index (χ0) is 29.0. The summed E-state index contributed by atoms with van der Waals surface area (Å²) in [4.78, 5) is 29.3.